The van der Waals surface area contributed by atoms with Gasteiger partial charge in [0.05, 0.1) is 6.61 Å². The molecule has 1 aromatic rings. The molecule has 2 aliphatic carbocycles. The molecular formula is C16H22N2O2. The predicted octanol–water partition coefficient (Wildman–Crippen LogP) is 2.53. The molecule has 2 atom stereocenters. The predicted molar refractivity (Wildman–Crippen MR) is 78.5 cm³/mol. The smallest absolute Gasteiger partial charge is 0.227 e. The number of carbonyl (C=O) groups excluding carboxylic acids is 1. The minimum atomic E-state index is 0.157. The lowest BCUT2D eigenvalue weighted by atomic mass is 10.0. The first-order chi connectivity index (χ1) is 9.71. The molecule has 0 spiro atoms. The second-order valence-corrected chi connectivity index (χ2v) is 5.87. The quantitative estimate of drug-likeness (QED) is 0.867. The number of nitrogens with two attached hydrogens (primary N) is 1. The molecule has 2 fully saturated rings. The highest BCUT2D eigenvalue weighted by atomic mass is 16.5. The van der Waals surface area contributed by atoms with Crippen molar-refractivity contribution in [3.05, 3.63) is 23.8 Å². The number of amides is 1. The molecule has 108 valence electrons. The molecule has 2 saturated carbocycles. The summed E-state index contributed by atoms with van der Waals surface area (Å²) in [7, 11) is 0. The third-order valence-corrected chi connectivity index (χ3v) is 4.46. The van der Waals surface area contributed by atoms with E-state index in [9.17, 15) is 4.79 Å². The molecule has 4 heteroatoms. The number of hydrogen-bond acceptors (Lipinski definition) is 3. The van der Waals surface area contributed by atoms with Crippen molar-refractivity contribution in [1.29, 1.82) is 0 Å². The summed E-state index contributed by atoms with van der Waals surface area (Å²) in [5.41, 5.74) is 7.48. The Labute approximate surface area is 119 Å². The summed E-state index contributed by atoms with van der Waals surface area (Å²) in [5.74, 6) is 2.81. The van der Waals surface area contributed by atoms with Crippen LogP contribution in [0.3, 0.4) is 0 Å². The van der Waals surface area contributed by atoms with E-state index in [2.05, 4.69) is 5.32 Å². The van der Waals surface area contributed by atoms with Crippen molar-refractivity contribution in [3.8, 4) is 5.75 Å². The van der Waals surface area contributed by atoms with Gasteiger partial charge in [-0.15, -0.1) is 0 Å². The van der Waals surface area contributed by atoms with Crippen LogP contribution in [0.25, 0.3) is 0 Å². The summed E-state index contributed by atoms with van der Waals surface area (Å²) in [5, 5.41) is 3.02. The van der Waals surface area contributed by atoms with Gasteiger partial charge in [0.25, 0.3) is 0 Å². The number of rotatable bonds is 5. The second kappa shape index (κ2) is 5.44. The van der Waals surface area contributed by atoms with Crippen LogP contribution in [-0.2, 0) is 11.3 Å². The maximum absolute atomic E-state index is 12.2. The summed E-state index contributed by atoms with van der Waals surface area (Å²) in [6.45, 7) is 2.97. The molecule has 4 nitrogen and oxygen atoms in total. The third-order valence-electron chi connectivity index (χ3n) is 4.46. The van der Waals surface area contributed by atoms with E-state index in [-0.39, 0.29) is 11.8 Å². The standard InChI is InChI=1S/C16H22N2O2/c1-2-20-15-4-3-14(8-13(15)9-17)18-16(19)12-6-10-5-11(10)7-12/h3-4,8,10-12H,2,5-7,9,17H2,1H3,(H,18,19). The van der Waals surface area contributed by atoms with E-state index in [1.807, 2.05) is 25.1 Å². The van der Waals surface area contributed by atoms with E-state index in [0.717, 1.165) is 41.7 Å². The van der Waals surface area contributed by atoms with E-state index in [4.69, 9.17) is 10.5 Å². The van der Waals surface area contributed by atoms with Gasteiger partial charge in [0.2, 0.25) is 5.91 Å². The van der Waals surface area contributed by atoms with E-state index in [1.165, 1.54) is 6.42 Å². The summed E-state index contributed by atoms with van der Waals surface area (Å²) in [6.07, 6.45) is 3.47. The van der Waals surface area contributed by atoms with Crippen molar-refractivity contribution < 1.29 is 9.53 Å². The monoisotopic (exact) mass is 274 g/mol. The average Bonchev–Trinajstić information content (AvgIpc) is 3.07. The van der Waals surface area contributed by atoms with Gasteiger partial charge in [-0.2, -0.15) is 0 Å². The number of nitrogens with one attached hydrogen (secondary N) is 1. The van der Waals surface area contributed by atoms with Gasteiger partial charge in [0.1, 0.15) is 5.75 Å². The molecule has 0 aromatic heterocycles. The zero-order chi connectivity index (χ0) is 14.1. The van der Waals surface area contributed by atoms with Gasteiger partial charge in [0.15, 0.2) is 0 Å². The Balaban J connectivity index is 1.65. The highest BCUT2D eigenvalue weighted by Crippen LogP contribution is 2.54. The highest BCUT2D eigenvalue weighted by molar-refractivity contribution is 5.93. The van der Waals surface area contributed by atoms with Gasteiger partial charge >= 0.3 is 0 Å². The van der Waals surface area contributed by atoms with Gasteiger partial charge < -0.3 is 15.8 Å². The molecule has 2 aliphatic rings. The SMILES string of the molecule is CCOc1ccc(NC(=O)C2CC3CC3C2)cc1CN. The lowest BCUT2D eigenvalue weighted by Crippen LogP contribution is -2.21. The molecule has 0 radical (unpaired) electrons. The largest absolute Gasteiger partial charge is 0.494 e. The summed E-state index contributed by atoms with van der Waals surface area (Å²) in [4.78, 5) is 12.2. The highest BCUT2D eigenvalue weighted by Gasteiger charge is 2.47. The average molecular weight is 274 g/mol. The van der Waals surface area contributed by atoms with Crippen LogP contribution >= 0.6 is 0 Å². The Kier molecular flexibility index (Phi) is 3.66. The van der Waals surface area contributed by atoms with Crippen LogP contribution in [0.4, 0.5) is 5.69 Å². The summed E-state index contributed by atoms with van der Waals surface area (Å²) < 4.78 is 5.51. The van der Waals surface area contributed by atoms with Crippen molar-refractivity contribution in [2.24, 2.45) is 23.5 Å². The maximum Gasteiger partial charge on any atom is 0.227 e. The van der Waals surface area contributed by atoms with E-state index < -0.39 is 0 Å². The van der Waals surface area contributed by atoms with Crippen molar-refractivity contribution in [1.82, 2.24) is 0 Å². The molecule has 0 aliphatic heterocycles. The Morgan fingerprint density at radius 2 is 2.10 bits per heavy atom. The van der Waals surface area contributed by atoms with Crippen molar-refractivity contribution >= 4 is 11.6 Å². The number of carbonyl (C=O) groups is 1. The number of hydrogen-bond donors (Lipinski definition) is 2. The molecule has 20 heavy (non-hydrogen) atoms. The van der Waals surface area contributed by atoms with Crippen LogP contribution in [0.2, 0.25) is 0 Å². The minimum Gasteiger partial charge on any atom is -0.494 e. The summed E-state index contributed by atoms with van der Waals surface area (Å²) in [6, 6.07) is 5.68. The second-order valence-electron chi connectivity index (χ2n) is 5.87. The molecular weight excluding hydrogens is 252 g/mol. The molecule has 0 heterocycles. The fourth-order valence-electron chi connectivity index (χ4n) is 3.29. The molecule has 1 amide bonds. The number of ether oxygens (including phenoxy) is 1. The van der Waals surface area contributed by atoms with Gasteiger partial charge in [-0.3, -0.25) is 4.79 Å². The molecule has 0 saturated heterocycles. The normalized spacial score (nSPS) is 27.0. The maximum atomic E-state index is 12.2. The van der Waals surface area contributed by atoms with Gasteiger partial charge in [-0.05, 0) is 56.2 Å². The van der Waals surface area contributed by atoms with Gasteiger partial charge in [-0.25, -0.2) is 0 Å². The first kappa shape index (κ1) is 13.4. The molecule has 3 rings (SSSR count). The van der Waals surface area contributed by atoms with Crippen molar-refractivity contribution in [3.63, 3.8) is 0 Å². The lowest BCUT2D eigenvalue weighted by Gasteiger charge is -2.14. The van der Waals surface area contributed by atoms with Crippen LogP contribution in [0.1, 0.15) is 31.7 Å². The Morgan fingerprint density at radius 1 is 1.35 bits per heavy atom. The molecule has 1 aromatic carbocycles. The first-order valence-corrected chi connectivity index (χ1v) is 7.48. The van der Waals surface area contributed by atoms with Crippen LogP contribution in [0.5, 0.6) is 5.75 Å². The number of benzene rings is 1. The van der Waals surface area contributed by atoms with Gasteiger partial charge in [-0.1, -0.05) is 0 Å². The van der Waals surface area contributed by atoms with E-state index in [0.29, 0.717) is 13.2 Å². The molecule has 2 unspecified atom stereocenters. The van der Waals surface area contributed by atoms with Crippen molar-refractivity contribution in [2.45, 2.75) is 32.7 Å². The summed E-state index contributed by atoms with van der Waals surface area (Å²) >= 11 is 0. The van der Waals surface area contributed by atoms with Gasteiger partial charge in [0, 0.05) is 23.7 Å². The van der Waals surface area contributed by atoms with Crippen LogP contribution in [0.15, 0.2) is 18.2 Å². The molecule has 0 bridgehead atoms. The lowest BCUT2D eigenvalue weighted by molar-refractivity contribution is -0.120. The van der Waals surface area contributed by atoms with Crippen LogP contribution in [0, 0.1) is 17.8 Å². The Bertz CT molecular complexity index is 505. The first-order valence-electron chi connectivity index (χ1n) is 7.48. The minimum absolute atomic E-state index is 0.157. The van der Waals surface area contributed by atoms with E-state index >= 15 is 0 Å². The van der Waals surface area contributed by atoms with Crippen molar-refractivity contribution in [2.75, 3.05) is 11.9 Å². The zero-order valence-electron chi connectivity index (χ0n) is 11.9. The Morgan fingerprint density at radius 3 is 2.75 bits per heavy atom. The zero-order valence-corrected chi connectivity index (χ0v) is 11.9. The number of anilines is 1. The number of fused-ring (bicyclic) bond motifs is 1. The Hall–Kier alpha value is -1.55. The van der Waals surface area contributed by atoms with Crippen LogP contribution in [-0.4, -0.2) is 12.5 Å². The van der Waals surface area contributed by atoms with Crippen LogP contribution < -0.4 is 15.8 Å². The molecule has 3 N–H and O–H groups in total. The fourth-order valence-corrected chi connectivity index (χ4v) is 3.29. The fraction of sp³-hybridized carbons (Fsp3) is 0.562. The van der Waals surface area contributed by atoms with E-state index in [1.54, 1.807) is 0 Å². The third kappa shape index (κ3) is 2.66. The topological polar surface area (TPSA) is 64.3 Å².